The number of nitrogens with two attached hydrogens (primary N) is 1. The predicted octanol–water partition coefficient (Wildman–Crippen LogP) is 2.15. The minimum atomic E-state index is -0.233. The van der Waals surface area contributed by atoms with Gasteiger partial charge in [-0.3, -0.25) is 4.98 Å². The number of hydrogen-bond acceptors (Lipinski definition) is 3. The molecular formula is C12H11N3. The molecule has 3 nitrogen and oxygen atoms in total. The summed E-state index contributed by atoms with van der Waals surface area (Å²) >= 11 is 0. The van der Waals surface area contributed by atoms with Gasteiger partial charge in [0.15, 0.2) is 0 Å². The zero-order valence-electron chi connectivity index (χ0n) is 8.22. The second-order valence-electron chi connectivity index (χ2n) is 3.39. The molecule has 2 rings (SSSR count). The molecule has 1 heterocycles. The van der Waals surface area contributed by atoms with Crippen molar-refractivity contribution in [2.75, 3.05) is 0 Å². The molecule has 0 fully saturated rings. The minimum Gasteiger partial charge on any atom is -0.323 e. The standard InChI is InChI=1S/C12H11N3/c13-7-6-11(14)9-3-1-5-12-10(9)4-2-8-15-12/h1-5,8,11H,6,14H2/t11-/m1/s1. The van der Waals surface area contributed by atoms with Crippen LogP contribution in [0.1, 0.15) is 18.0 Å². The summed E-state index contributed by atoms with van der Waals surface area (Å²) in [6, 6.07) is 11.5. The Labute approximate surface area is 88.2 Å². The zero-order chi connectivity index (χ0) is 10.7. The van der Waals surface area contributed by atoms with E-state index >= 15 is 0 Å². The van der Waals surface area contributed by atoms with Gasteiger partial charge in [0.2, 0.25) is 0 Å². The van der Waals surface area contributed by atoms with Crippen LogP contribution < -0.4 is 5.73 Å². The van der Waals surface area contributed by atoms with E-state index < -0.39 is 0 Å². The number of rotatable bonds is 2. The second kappa shape index (κ2) is 4.07. The highest BCUT2D eigenvalue weighted by Gasteiger charge is 2.08. The maximum absolute atomic E-state index is 8.62. The summed E-state index contributed by atoms with van der Waals surface area (Å²) in [5.41, 5.74) is 7.83. The molecule has 1 atom stereocenters. The minimum absolute atomic E-state index is 0.233. The fourth-order valence-corrected chi connectivity index (χ4v) is 1.66. The Morgan fingerprint density at radius 1 is 1.33 bits per heavy atom. The number of aromatic nitrogens is 1. The number of hydrogen-bond donors (Lipinski definition) is 1. The number of fused-ring (bicyclic) bond motifs is 1. The highest BCUT2D eigenvalue weighted by Crippen LogP contribution is 2.22. The molecule has 0 spiro atoms. The maximum Gasteiger partial charge on any atom is 0.0705 e. The van der Waals surface area contributed by atoms with Gasteiger partial charge >= 0.3 is 0 Å². The van der Waals surface area contributed by atoms with Gasteiger partial charge in [0.25, 0.3) is 0 Å². The van der Waals surface area contributed by atoms with Crippen molar-refractivity contribution in [3.8, 4) is 6.07 Å². The van der Waals surface area contributed by atoms with Crippen LogP contribution in [-0.2, 0) is 0 Å². The summed E-state index contributed by atoms with van der Waals surface area (Å²) in [5.74, 6) is 0. The van der Waals surface area contributed by atoms with Crippen LogP contribution in [0, 0.1) is 11.3 Å². The first-order valence-electron chi connectivity index (χ1n) is 4.79. The van der Waals surface area contributed by atoms with Gasteiger partial charge in [-0.2, -0.15) is 5.26 Å². The van der Waals surface area contributed by atoms with Crippen LogP contribution in [0.5, 0.6) is 0 Å². The SMILES string of the molecule is N#CC[C@@H](N)c1cccc2ncccc12. The van der Waals surface area contributed by atoms with E-state index in [2.05, 4.69) is 11.1 Å². The molecule has 0 unspecified atom stereocenters. The number of nitrogens with zero attached hydrogens (tertiary/aromatic N) is 2. The van der Waals surface area contributed by atoms with Crippen LogP contribution in [0.2, 0.25) is 0 Å². The molecular weight excluding hydrogens is 186 g/mol. The lowest BCUT2D eigenvalue weighted by molar-refractivity contribution is 0.755. The molecule has 0 bridgehead atoms. The van der Waals surface area contributed by atoms with Crippen molar-refractivity contribution in [2.24, 2.45) is 5.73 Å². The molecule has 1 aromatic heterocycles. The molecule has 0 saturated carbocycles. The Hall–Kier alpha value is -1.92. The van der Waals surface area contributed by atoms with Crippen LogP contribution in [0.15, 0.2) is 36.5 Å². The lowest BCUT2D eigenvalue weighted by atomic mass is 10.0. The van der Waals surface area contributed by atoms with Crippen LogP contribution >= 0.6 is 0 Å². The first-order chi connectivity index (χ1) is 7.33. The Bertz CT molecular complexity index is 508. The summed E-state index contributed by atoms with van der Waals surface area (Å²) < 4.78 is 0. The molecule has 2 N–H and O–H groups in total. The van der Waals surface area contributed by atoms with Crippen LogP contribution in [0.4, 0.5) is 0 Å². The van der Waals surface area contributed by atoms with Crippen LogP contribution in [0.25, 0.3) is 10.9 Å². The van der Waals surface area contributed by atoms with E-state index in [0.29, 0.717) is 6.42 Å². The van der Waals surface area contributed by atoms with Gasteiger partial charge in [0, 0.05) is 17.6 Å². The molecule has 0 aliphatic rings. The molecule has 1 aromatic carbocycles. The summed E-state index contributed by atoms with van der Waals surface area (Å²) in [4.78, 5) is 4.25. The van der Waals surface area contributed by atoms with E-state index in [1.165, 1.54) is 0 Å². The average Bonchev–Trinajstić information content (AvgIpc) is 2.28. The van der Waals surface area contributed by atoms with E-state index in [9.17, 15) is 0 Å². The Kier molecular flexibility index (Phi) is 2.61. The summed E-state index contributed by atoms with van der Waals surface area (Å²) in [6.45, 7) is 0. The topological polar surface area (TPSA) is 62.7 Å². The normalized spacial score (nSPS) is 12.3. The summed E-state index contributed by atoms with van der Waals surface area (Å²) in [6.07, 6.45) is 2.08. The van der Waals surface area contributed by atoms with Crippen molar-refractivity contribution in [3.63, 3.8) is 0 Å². The molecule has 74 valence electrons. The van der Waals surface area contributed by atoms with Crippen molar-refractivity contribution in [1.82, 2.24) is 4.98 Å². The van der Waals surface area contributed by atoms with Gasteiger partial charge in [-0.05, 0) is 17.7 Å². The highest BCUT2D eigenvalue weighted by atomic mass is 14.7. The molecule has 2 aromatic rings. The molecule has 3 heteroatoms. The molecule has 0 aliphatic heterocycles. The number of nitriles is 1. The first kappa shape index (κ1) is 9.63. The smallest absolute Gasteiger partial charge is 0.0705 e. The van der Waals surface area contributed by atoms with Crippen LogP contribution in [-0.4, -0.2) is 4.98 Å². The van der Waals surface area contributed by atoms with Gasteiger partial charge in [-0.15, -0.1) is 0 Å². The Balaban J connectivity index is 2.56. The summed E-state index contributed by atoms with van der Waals surface area (Å²) in [5, 5.41) is 9.65. The third-order valence-electron chi connectivity index (χ3n) is 2.39. The Morgan fingerprint density at radius 3 is 3.00 bits per heavy atom. The quantitative estimate of drug-likeness (QED) is 0.802. The van der Waals surface area contributed by atoms with Crippen molar-refractivity contribution >= 4 is 10.9 Å². The van der Waals surface area contributed by atoms with Crippen LogP contribution in [0.3, 0.4) is 0 Å². The molecule has 0 saturated heterocycles. The average molecular weight is 197 g/mol. The van der Waals surface area contributed by atoms with E-state index in [4.69, 9.17) is 11.0 Å². The first-order valence-corrected chi connectivity index (χ1v) is 4.79. The van der Waals surface area contributed by atoms with Gasteiger partial charge < -0.3 is 5.73 Å². The van der Waals surface area contributed by atoms with E-state index in [1.54, 1.807) is 6.20 Å². The third-order valence-corrected chi connectivity index (χ3v) is 2.39. The number of benzene rings is 1. The van der Waals surface area contributed by atoms with E-state index in [1.807, 2.05) is 30.3 Å². The van der Waals surface area contributed by atoms with Crippen molar-refractivity contribution in [2.45, 2.75) is 12.5 Å². The van der Waals surface area contributed by atoms with Crippen molar-refractivity contribution < 1.29 is 0 Å². The Morgan fingerprint density at radius 2 is 2.20 bits per heavy atom. The fourth-order valence-electron chi connectivity index (χ4n) is 1.66. The summed E-state index contributed by atoms with van der Waals surface area (Å²) in [7, 11) is 0. The largest absolute Gasteiger partial charge is 0.323 e. The molecule has 0 radical (unpaired) electrons. The van der Waals surface area contributed by atoms with Crippen molar-refractivity contribution in [3.05, 3.63) is 42.1 Å². The molecule has 15 heavy (non-hydrogen) atoms. The van der Waals surface area contributed by atoms with E-state index in [-0.39, 0.29) is 6.04 Å². The molecule has 0 aliphatic carbocycles. The van der Waals surface area contributed by atoms with E-state index in [0.717, 1.165) is 16.5 Å². The second-order valence-corrected chi connectivity index (χ2v) is 3.39. The predicted molar refractivity (Wildman–Crippen MR) is 58.9 cm³/mol. The number of pyridine rings is 1. The van der Waals surface area contributed by atoms with Gasteiger partial charge in [0.1, 0.15) is 0 Å². The van der Waals surface area contributed by atoms with Gasteiger partial charge in [-0.25, -0.2) is 0 Å². The van der Waals surface area contributed by atoms with Gasteiger partial charge in [-0.1, -0.05) is 18.2 Å². The van der Waals surface area contributed by atoms with Crippen molar-refractivity contribution in [1.29, 1.82) is 5.26 Å². The zero-order valence-corrected chi connectivity index (χ0v) is 8.22. The fraction of sp³-hybridized carbons (Fsp3) is 0.167. The molecule has 0 amide bonds. The van der Waals surface area contributed by atoms with Gasteiger partial charge in [0.05, 0.1) is 18.0 Å². The lowest BCUT2D eigenvalue weighted by Gasteiger charge is -2.10. The third kappa shape index (κ3) is 1.80. The maximum atomic E-state index is 8.62. The lowest BCUT2D eigenvalue weighted by Crippen LogP contribution is -2.09. The highest BCUT2D eigenvalue weighted by molar-refractivity contribution is 5.82. The monoisotopic (exact) mass is 197 g/mol.